The van der Waals surface area contributed by atoms with E-state index >= 15 is 0 Å². The van der Waals surface area contributed by atoms with Gasteiger partial charge >= 0.3 is 6.36 Å². The number of aryl methyl sites for hydroxylation is 1. The number of ether oxygens (including phenoxy) is 2. The number of fused-ring (bicyclic) bond motifs is 4. The number of anilines is 1. The Morgan fingerprint density at radius 3 is 2.76 bits per heavy atom. The van der Waals surface area contributed by atoms with E-state index in [-0.39, 0.29) is 29.3 Å². The van der Waals surface area contributed by atoms with Gasteiger partial charge < -0.3 is 20.1 Å². The summed E-state index contributed by atoms with van der Waals surface area (Å²) in [5, 5.41) is 0. The molecule has 1 atom stereocenters. The number of benzene rings is 2. The number of hydrogen-bond acceptors (Lipinski definition) is 6. The number of hydrogen-bond donors (Lipinski definition) is 1. The number of imidazole rings is 1. The number of aromatic nitrogens is 3. The van der Waals surface area contributed by atoms with Crippen molar-refractivity contribution in [2.24, 2.45) is 0 Å². The van der Waals surface area contributed by atoms with E-state index < -0.39 is 29.9 Å². The van der Waals surface area contributed by atoms with Crippen LogP contribution in [0.1, 0.15) is 27.8 Å². The molecule has 1 aliphatic heterocycles. The molecule has 0 spiro atoms. The van der Waals surface area contributed by atoms with Crippen molar-refractivity contribution in [2.75, 3.05) is 19.4 Å². The summed E-state index contributed by atoms with van der Waals surface area (Å²) in [6.07, 6.45) is -3.30. The Bertz CT molecular complexity index is 1470. The lowest BCUT2D eigenvalue weighted by molar-refractivity contribution is -0.274. The third-order valence-electron chi connectivity index (χ3n) is 5.74. The van der Waals surface area contributed by atoms with Crippen molar-refractivity contribution in [1.82, 2.24) is 19.3 Å². The van der Waals surface area contributed by atoms with Gasteiger partial charge in [-0.05, 0) is 25.1 Å². The Kier molecular flexibility index (Phi) is 4.78. The summed E-state index contributed by atoms with van der Waals surface area (Å²) in [6.45, 7) is 1.73. The monoisotopic (exact) mass is 475 g/mol. The van der Waals surface area contributed by atoms with E-state index in [0.717, 1.165) is 18.2 Å². The molecule has 1 aliphatic rings. The van der Waals surface area contributed by atoms with Gasteiger partial charge in [-0.1, -0.05) is 0 Å². The van der Waals surface area contributed by atoms with Crippen molar-refractivity contribution in [1.29, 1.82) is 0 Å². The lowest BCUT2D eigenvalue weighted by Gasteiger charge is -2.24. The molecular weight excluding hydrogens is 458 g/mol. The molecule has 176 valence electrons. The summed E-state index contributed by atoms with van der Waals surface area (Å²) in [4.78, 5) is 23.0. The number of halogens is 4. The van der Waals surface area contributed by atoms with Crippen molar-refractivity contribution >= 4 is 28.3 Å². The molecule has 34 heavy (non-hydrogen) atoms. The second-order valence-corrected chi connectivity index (χ2v) is 7.83. The highest BCUT2D eigenvalue weighted by molar-refractivity contribution is 5.98. The Balaban J connectivity index is 1.50. The van der Waals surface area contributed by atoms with Gasteiger partial charge in [0.05, 0.1) is 28.8 Å². The smallest absolute Gasteiger partial charge is 0.491 e. The Hall–Kier alpha value is -4.09. The first-order valence-electron chi connectivity index (χ1n) is 10.1. The molecule has 0 bridgehead atoms. The van der Waals surface area contributed by atoms with Crippen molar-refractivity contribution in [2.45, 2.75) is 19.3 Å². The average Bonchev–Trinajstić information content (AvgIpc) is 3.35. The molecule has 0 radical (unpaired) electrons. The molecule has 0 saturated heterocycles. The van der Waals surface area contributed by atoms with Gasteiger partial charge in [0.2, 0.25) is 0 Å². The molecule has 2 N–H and O–H groups in total. The molecule has 1 amide bonds. The summed E-state index contributed by atoms with van der Waals surface area (Å²) in [5.41, 5.74) is 7.46. The number of rotatable bonds is 3. The number of amides is 1. The van der Waals surface area contributed by atoms with Gasteiger partial charge in [-0.3, -0.25) is 9.20 Å². The van der Waals surface area contributed by atoms with Gasteiger partial charge in [0.1, 0.15) is 41.1 Å². The van der Waals surface area contributed by atoms with Crippen molar-refractivity contribution in [3.8, 4) is 11.5 Å². The Labute approximate surface area is 189 Å². The fraction of sp³-hybridized carbons (Fsp3) is 0.227. The number of likely N-dealkylation sites (N-methyl/N-ethyl adjacent to an activating group) is 1. The number of nitrogens with two attached hydrogens (primary N) is 1. The first kappa shape index (κ1) is 21.7. The molecular formula is C22H17F4N5O3. The molecule has 0 aliphatic carbocycles. The first-order chi connectivity index (χ1) is 16.0. The molecule has 12 heteroatoms. The summed E-state index contributed by atoms with van der Waals surface area (Å²) in [5.74, 6) is -0.950. The number of alkyl halides is 3. The third kappa shape index (κ3) is 3.51. The second-order valence-electron chi connectivity index (χ2n) is 7.83. The largest absolute Gasteiger partial charge is 0.573 e. The van der Waals surface area contributed by atoms with Crippen LogP contribution in [0.25, 0.3) is 16.6 Å². The topological polar surface area (TPSA) is 95.0 Å². The Morgan fingerprint density at radius 2 is 2.03 bits per heavy atom. The zero-order valence-corrected chi connectivity index (χ0v) is 17.9. The zero-order chi connectivity index (χ0) is 24.4. The van der Waals surface area contributed by atoms with Gasteiger partial charge in [-0.2, -0.15) is 0 Å². The van der Waals surface area contributed by atoms with E-state index in [1.54, 1.807) is 11.3 Å². The summed E-state index contributed by atoms with van der Waals surface area (Å²) in [6, 6.07) is 5.50. The Morgan fingerprint density at radius 1 is 1.26 bits per heavy atom. The van der Waals surface area contributed by atoms with Crippen LogP contribution in [0.5, 0.6) is 11.5 Å². The van der Waals surface area contributed by atoms with Crippen LogP contribution in [0.15, 0.2) is 36.5 Å². The maximum Gasteiger partial charge on any atom is 0.573 e. The molecule has 8 nitrogen and oxygen atoms in total. The zero-order valence-electron chi connectivity index (χ0n) is 17.9. The molecule has 0 fully saturated rings. The highest BCUT2D eigenvalue weighted by atomic mass is 19.4. The fourth-order valence-corrected chi connectivity index (χ4v) is 4.12. The van der Waals surface area contributed by atoms with Crippen LogP contribution in [0.2, 0.25) is 0 Å². The minimum Gasteiger partial charge on any atom is -0.491 e. The highest BCUT2D eigenvalue weighted by Gasteiger charge is 2.35. The fourth-order valence-electron chi connectivity index (χ4n) is 4.12. The van der Waals surface area contributed by atoms with Gasteiger partial charge in [-0.25, -0.2) is 14.4 Å². The van der Waals surface area contributed by atoms with Crippen LogP contribution in [0.4, 0.5) is 23.4 Å². The van der Waals surface area contributed by atoms with Crippen LogP contribution in [0, 0.1) is 12.7 Å². The van der Waals surface area contributed by atoms with Crippen molar-refractivity contribution < 1.29 is 31.8 Å². The normalized spacial score (nSPS) is 15.4. The molecule has 0 saturated carbocycles. The van der Waals surface area contributed by atoms with Crippen LogP contribution < -0.4 is 15.2 Å². The van der Waals surface area contributed by atoms with Gasteiger partial charge in [-0.15, -0.1) is 13.2 Å². The second kappa shape index (κ2) is 7.47. The predicted octanol–water partition coefficient (Wildman–Crippen LogP) is 4.02. The van der Waals surface area contributed by atoms with E-state index in [9.17, 15) is 22.4 Å². The van der Waals surface area contributed by atoms with E-state index in [0.29, 0.717) is 22.4 Å². The molecule has 3 heterocycles. The minimum atomic E-state index is -4.84. The van der Waals surface area contributed by atoms with Crippen LogP contribution in [0.3, 0.4) is 0 Å². The number of carbonyl (C=O) groups excluding carboxylic acids is 1. The summed E-state index contributed by atoms with van der Waals surface area (Å²) < 4.78 is 63.5. The molecule has 5 rings (SSSR count). The van der Waals surface area contributed by atoms with Gasteiger partial charge in [0.25, 0.3) is 5.91 Å². The number of carbonyl (C=O) groups is 1. The average molecular weight is 475 g/mol. The summed E-state index contributed by atoms with van der Waals surface area (Å²) in [7, 11) is 1.47. The van der Waals surface area contributed by atoms with Gasteiger partial charge in [0, 0.05) is 24.7 Å². The number of nitrogen functional groups attached to an aromatic ring is 1. The number of nitrogens with zero attached hydrogens (tertiary/aromatic N) is 4. The lowest BCUT2D eigenvalue weighted by atomic mass is 10.1. The van der Waals surface area contributed by atoms with E-state index in [4.69, 9.17) is 10.5 Å². The van der Waals surface area contributed by atoms with E-state index in [2.05, 4.69) is 14.7 Å². The van der Waals surface area contributed by atoms with Crippen molar-refractivity contribution in [3.05, 3.63) is 59.3 Å². The maximum atomic E-state index is 15.0. The van der Waals surface area contributed by atoms with Gasteiger partial charge in [0.15, 0.2) is 0 Å². The molecule has 4 aromatic rings. The molecule has 0 unspecified atom stereocenters. The van der Waals surface area contributed by atoms with Crippen LogP contribution in [-0.2, 0) is 0 Å². The minimum absolute atomic E-state index is 0.00872. The summed E-state index contributed by atoms with van der Waals surface area (Å²) >= 11 is 0. The standard InChI is InChI=1S/C22H17F4N5O3/c1-10-28-8-17-20(27)29-15-7-14(23)13(6-16(15)31(10)17)21(32)30(2)18-9-33-19-5-11(3-4-12(18)19)34-22(24,25)26/h3-8,18H,9H2,1-2H3,(H2,27,29)/t18-/m1/s1. The van der Waals surface area contributed by atoms with E-state index in [1.165, 1.54) is 30.3 Å². The third-order valence-corrected chi connectivity index (χ3v) is 5.74. The highest BCUT2D eigenvalue weighted by Crippen LogP contribution is 2.39. The van der Waals surface area contributed by atoms with Crippen molar-refractivity contribution in [3.63, 3.8) is 0 Å². The first-order valence-corrected chi connectivity index (χ1v) is 10.1. The predicted molar refractivity (Wildman–Crippen MR) is 113 cm³/mol. The quantitative estimate of drug-likeness (QED) is 0.450. The lowest BCUT2D eigenvalue weighted by Crippen LogP contribution is -2.32. The van der Waals surface area contributed by atoms with Crippen LogP contribution in [-0.4, -0.2) is 45.2 Å². The van der Waals surface area contributed by atoms with Crippen LogP contribution >= 0.6 is 0 Å². The molecule has 2 aromatic carbocycles. The van der Waals surface area contributed by atoms with E-state index in [1.807, 2.05) is 0 Å². The maximum absolute atomic E-state index is 15.0. The molecule has 2 aromatic heterocycles. The SMILES string of the molecule is Cc1ncc2c(N)nc3cc(F)c(C(=O)N(C)[C@@H]4COc5cc(OC(F)(F)F)ccc54)cc3n12.